The molecule has 0 fully saturated rings. The summed E-state index contributed by atoms with van der Waals surface area (Å²) in [6.07, 6.45) is 1.60. The van der Waals surface area contributed by atoms with Crippen molar-refractivity contribution in [1.82, 2.24) is 0 Å². The predicted molar refractivity (Wildman–Crippen MR) is 104 cm³/mol. The summed E-state index contributed by atoms with van der Waals surface area (Å²) in [5, 5.41) is 0.569. The van der Waals surface area contributed by atoms with Crippen LogP contribution in [0.1, 0.15) is 16.7 Å². The molecule has 2 heterocycles. The van der Waals surface area contributed by atoms with E-state index >= 15 is 0 Å². The van der Waals surface area contributed by atoms with Crippen LogP contribution in [0.15, 0.2) is 70.2 Å². The van der Waals surface area contributed by atoms with Gasteiger partial charge < -0.3 is 4.74 Å². The number of hydrogen-bond donors (Lipinski definition) is 0. The van der Waals surface area contributed by atoms with Gasteiger partial charge >= 0.3 is 5.97 Å². The van der Waals surface area contributed by atoms with E-state index in [0.717, 1.165) is 28.0 Å². The number of ether oxygens (including phenoxy) is 1. The van der Waals surface area contributed by atoms with Crippen molar-refractivity contribution in [3.8, 4) is 0 Å². The van der Waals surface area contributed by atoms with Crippen LogP contribution >= 0.6 is 11.6 Å². The highest BCUT2D eigenvalue weighted by molar-refractivity contribution is 6.33. The van der Waals surface area contributed by atoms with Crippen LogP contribution < -0.4 is 0 Å². The molecule has 2 aromatic rings. The molecule has 2 aromatic carbocycles. The zero-order chi connectivity index (χ0) is 19.0. The van der Waals surface area contributed by atoms with Gasteiger partial charge in [-0.05, 0) is 17.7 Å². The summed E-state index contributed by atoms with van der Waals surface area (Å²) in [7, 11) is 1.25. The molecule has 0 radical (unpaired) electrons. The van der Waals surface area contributed by atoms with E-state index in [0.29, 0.717) is 17.3 Å². The SMILES string of the molecule is COC(=O)C1C=C2CN=C(c3ccccc3)c3cc(Cl)ccc3C2=NC1=O. The molecule has 0 saturated heterocycles. The third kappa shape index (κ3) is 3.11. The van der Waals surface area contributed by atoms with Gasteiger partial charge in [-0.3, -0.25) is 14.6 Å². The molecule has 2 aliphatic heterocycles. The summed E-state index contributed by atoms with van der Waals surface area (Å²) in [5.41, 5.74) is 4.54. The third-order valence-electron chi connectivity index (χ3n) is 4.56. The minimum absolute atomic E-state index is 0.302. The molecule has 4 rings (SSSR count). The number of fused-ring (bicyclic) bond motifs is 3. The molecule has 1 atom stereocenters. The summed E-state index contributed by atoms with van der Waals surface area (Å²) in [6.45, 7) is 0.302. The monoisotopic (exact) mass is 378 g/mol. The van der Waals surface area contributed by atoms with E-state index in [-0.39, 0.29) is 0 Å². The largest absolute Gasteiger partial charge is 0.468 e. The van der Waals surface area contributed by atoms with Crippen LogP contribution in [-0.4, -0.2) is 37.0 Å². The summed E-state index contributed by atoms with van der Waals surface area (Å²) in [4.78, 5) is 33.3. The molecule has 0 bridgehead atoms. The van der Waals surface area contributed by atoms with Crippen LogP contribution in [0.25, 0.3) is 0 Å². The van der Waals surface area contributed by atoms with Crippen LogP contribution in [0.4, 0.5) is 0 Å². The Morgan fingerprint density at radius 1 is 1.11 bits per heavy atom. The van der Waals surface area contributed by atoms with Crippen LogP contribution in [0, 0.1) is 5.92 Å². The number of benzene rings is 2. The fourth-order valence-corrected chi connectivity index (χ4v) is 3.44. The highest BCUT2D eigenvalue weighted by Crippen LogP contribution is 2.29. The number of dihydropyridines is 1. The molecule has 0 aliphatic carbocycles. The van der Waals surface area contributed by atoms with Gasteiger partial charge in [-0.1, -0.05) is 54.1 Å². The van der Waals surface area contributed by atoms with Crippen molar-refractivity contribution in [2.45, 2.75) is 0 Å². The Morgan fingerprint density at radius 2 is 1.89 bits per heavy atom. The Hall–Kier alpha value is -3.05. The van der Waals surface area contributed by atoms with Gasteiger partial charge in [-0.25, -0.2) is 4.99 Å². The standard InChI is InChI=1S/C21H15ClN2O3/c1-27-21(26)17-9-13-11-23-18(12-5-3-2-4-6-12)16-10-14(22)7-8-15(16)19(13)24-20(17)25/h2-10,17H,11H2,1H3. The van der Waals surface area contributed by atoms with Gasteiger partial charge in [0, 0.05) is 21.7 Å². The van der Waals surface area contributed by atoms with E-state index in [9.17, 15) is 9.59 Å². The molecule has 6 heteroatoms. The van der Waals surface area contributed by atoms with E-state index in [4.69, 9.17) is 21.3 Å². The van der Waals surface area contributed by atoms with Gasteiger partial charge in [0.05, 0.1) is 25.1 Å². The van der Waals surface area contributed by atoms with E-state index < -0.39 is 17.8 Å². The second-order valence-corrected chi connectivity index (χ2v) is 6.65. The second kappa shape index (κ2) is 6.93. The summed E-state index contributed by atoms with van der Waals surface area (Å²) in [5.74, 6) is -2.19. The lowest BCUT2D eigenvalue weighted by molar-refractivity contribution is -0.147. The number of esters is 1. The molecule has 1 amide bonds. The molecule has 5 nitrogen and oxygen atoms in total. The smallest absolute Gasteiger partial charge is 0.322 e. The number of carbonyl (C=O) groups is 2. The van der Waals surface area contributed by atoms with Crippen molar-refractivity contribution in [3.05, 3.63) is 81.9 Å². The Balaban J connectivity index is 1.91. The maximum atomic E-state index is 12.4. The van der Waals surface area contributed by atoms with Gasteiger partial charge in [-0.2, -0.15) is 0 Å². The minimum atomic E-state index is -1.03. The molecule has 0 N–H and O–H groups in total. The summed E-state index contributed by atoms with van der Waals surface area (Å²) < 4.78 is 4.72. The Bertz CT molecular complexity index is 1040. The van der Waals surface area contributed by atoms with Crippen LogP contribution in [0.3, 0.4) is 0 Å². The zero-order valence-electron chi connectivity index (χ0n) is 14.5. The zero-order valence-corrected chi connectivity index (χ0v) is 15.2. The summed E-state index contributed by atoms with van der Waals surface area (Å²) >= 11 is 6.23. The molecule has 134 valence electrons. The highest BCUT2D eigenvalue weighted by atomic mass is 35.5. The number of methoxy groups -OCH3 is 1. The van der Waals surface area contributed by atoms with Crippen LogP contribution in [0.5, 0.6) is 0 Å². The average Bonchev–Trinajstić information content (AvgIpc) is 2.83. The Labute approximate surface area is 161 Å². The maximum Gasteiger partial charge on any atom is 0.322 e. The topological polar surface area (TPSA) is 68.1 Å². The lowest BCUT2D eigenvalue weighted by Gasteiger charge is -2.18. The molecular weight excluding hydrogens is 364 g/mol. The highest BCUT2D eigenvalue weighted by Gasteiger charge is 2.33. The second-order valence-electron chi connectivity index (χ2n) is 6.21. The molecule has 2 aliphatic rings. The first kappa shape index (κ1) is 17.4. The Kier molecular flexibility index (Phi) is 4.46. The van der Waals surface area contributed by atoms with Crippen LogP contribution in [-0.2, 0) is 14.3 Å². The van der Waals surface area contributed by atoms with E-state index in [1.165, 1.54) is 7.11 Å². The van der Waals surface area contributed by atoms with E-state index in [2.05, 4.69) is 4.99 Å². The van der Waals surface area contributed by atoms with Gasteiger partial charge in [0.2, 0.25) is 0 Å². The van der Waals surface area contributed by atoms with Crippen molar-refractivity contribution in [2.75, 3.05) is 13.7 Å². The normalized spacial score (nSPS) is 18.4. The number of amides is 1. The minimum Gasteiger partial charge on any atom is -0.468 e. The Morgan fingerprint density at radius 3 is 2.63 bits per heavy atom. The first-order valence-electron chi connectivity index (χ1n) is 8.40. The van der Waals surface area contributed by atoms with Crippen molar-refractivity contribution in [1.29, 1.82) is 0 Å². The number of rotatable bonds is 2. The molecule has 27 heavy (non-hydrogen) atoms. The van der Waals surface area contributed by atoms with Gasteiger partial charge in [0.15, 0.2) is 5.92 Å². The molecule has 0 aromatic heterocycles. The van der Waals surface area contributed by atoms with Gasteiger partial charge in [0.25, 0.3) is 5.91 Å². The number of halogens is 1. The fraction of sp³-hybridized carbons (Fsp3) is 0.143. The molecule has 0 saturated carbocycles. The number of nitrogens with zero attached hydrogens (tertiary/aromatic N) is 2. The first-order chi connectivity index (χ1) is 13.1. The summed E-state index contributed by atoms with van der Waals surface area (Å²) in [6, 6.07) is 15.2. The molecule has 1 unspecified atom stereocenters. The molecule has 0 spiro atoms. The number of aliphatic imine (C=N–C) groups is 2. The lowest BCUT2D eigenvalue weighted by Crippen LogP contribution is -2.29. The van der Waals surface area contributed by atoms with Crippen molar-refractivity contribution >= 4 is 34.9 Å². The number of hydrogen-bond acceptors (Lipinski definition) is 4. The van der Waals surface area contributed by atoms with Crippen molar-refractivity contribution < 1.29 is 14.3 Å². The predicted octanol–water partition coefficient (Wildman–Crippen LogP) is 3.24. The quantitative estimate of drug-likeness (QED) is 0.595. The molecular formula is C21H15ClN2O3. The first-order valence-corrected chi connectivity index (χ1v) is 8.78. The third-order valence-corrected chi connectivity index (χ3v) is 4.80. The van der Waals surface area contributed by atoms with Crippen molar-refractivity contribution in [3.63, 3.8) is 0 Å². The lowest BCUT2D eigenvalue weighted by atomic mass is 9.90. The number of carbonyl (C=O) groups excluding carboxylic acids is 2. The maximum absolute atomic E-state index is 12.4. The van der Waals surface area contributed by atoms with Gasteiger partial charge in [-0.15, -0.1) is 0 Å². The fourth-order valence-electron chi connectivity index (χ4n) is 3.27. The average molecular weight is 379 g/mol. The van der Waals surface area contributed by atoms with E-state index in [1.807, 2.05) is 42.5 Å². The van der Waals surface area contributed by atoms with E-state index in [1.54, 1.807) is 12.1 Å². The van der Waals surface area contributed by atoms with Gasteiger partial charge in [0.1, 0.15) is 0 Å². The van der Waals surface area contributed by atoms with Crippen molar-refractivity contribution in [2.24, 2.45) is 15.9 Å². The van der Waals surface area contributed by atoms with Crippen LogP contribution in [0.2, 0.25) is 5.02 Å².